The van der Waals surface area contributed by atoms with Crippen molar-refractivity contribution in [1.82, 2.24) is 0 Å². The average molecular weight is 306 g/mol. The molecule has 0 saturated carbocycles. The SMILES string of the molecule is CCN(c1ccc(N(C)S(C)(=O)=O)cc1)S(C)(=O)=O. The van der Waals surface area contributed by atoms with Gasteiger partial charge in [-0.1, -0.05) is 0 Å². The maximum atomic E-state index is 11.6. The molecule has 19 heavy (non-hydrogen) atoms. The Kier molecular flexibility index (Phi) is 4.46. The zero-order chi connectivity index (χ0) is 14.8. The Morgan fingerprint density at radius 2 is 1.32 bits per heavy atom. The lowest BCUT2D eigenvalue weighted by Gasteiger charge is -2.22. The van der Waals surface area contributed by atoms with Gasteiger partial charge in [0, 0.05) is 13.6 Å². The van der Waals surface area contributed by atoms with Gasteiger partial charge in [0.25, 0.3) is 0 Å². The van der Waals surface area contributed by atoms with E-state index in [2.05, 4.69) is 0 Å². The van der Waals surface area contributed by atoms with Crippen molar-refractivity contribution in [2.75, 3.05) is 34.7 Å². The first-order valence-electron chi connectivity index (χ1n) is 5.59. The van der Waals surface area contributed by atoms with Crippen LogP contribution in [0.25, 0.3) is 0 Å². The van der Waals surface area contributed by atoms with Gasteiger partial charge in [-0.25, -0.2) is 16.8 Å². The van der Waals surface area contributed by atoms with E-state index >= 15 is 0 Å². The molecule has 0 bridgehead atoms. The van der Waals surface area contributed by atoms with Crippen LogP contribution < -0.4 is 8.61 Å². The number of benzene rings is 1. The van der Waals surface area contributed by atoms with Gasteiger partial charge in [0.15, 0.2) is 0 Å². The highest BCUT2D eigenvalue weighted by molar-refractivity contribution is 7.92. The van der Waals surface area contributed by atoms with Crippen LogP contribution in [0.2, 0.25) is 0 Å². The van der Waals surface area contributed by atoms with E-state index in [1.165, 1.54) is 11.4 Å². The smallest absolute Gasteiger partial charge is 0.232 e. The number of nitrogens with zero attached hydrogens (tertiary/aromatic N) is 2. The number of hydrogen-bond donors (Lipinski definition) is 0. The van der Waals surface area contributed by atoms with Gasteiger partial charge >= 0.3 is 0 Å². The van der Waals surface area contributed by atoms with Crippen molar-refractivity contribution in [1.29, 1.82) is 0 Å². The predicted molar refractivity (Wildman–Crippen MR) is 77.6 cm³/mol. The summed E-state index contributed by atoms with van der Waals surface area (Å²) >= 11 is 0. The molecule has 0 atom stereocenters. The maximum Gasteiger partial charge on any atom is 0.232 e. The van der Waals surface area contributed by atoms with E-state index in [9.17, 15) is 16.8 Å². The molecule has 1 rings (SSSR count). The molecule has 0 unspecified atom stereocenters. The number of sulfonamides is 2. The molecule has 0 saturated heterocycles. The predicted octanol–water partition coefficient (Wildman–Crippen LogP) is 0.868. The molecule has 0 amide bonds. The van der Waals surface area contributed by atoms with Crippen LogP contribution in [-0.4, -0.2) is 42.9 Å². The van der Waals surface area contributed by atoms with Gasteiger partial charge in [-0.05, 0) is 31.2 Å². The second kappa shape index (κ2) is 5.38. The quantitative estimate of drug-likeness (QED) is 0.809. The summed E-state index contributed by atoms with van der Waals surface area (Å²) in [5.74, 6) is 0. The normalized spacial score (nSPS) is 12.2. The Morgan fingerprint density at radius 1 is 0.895 bits per heavy atom. The summed E-state index contributed by atoms with van der Waals surface area (Å²) in [5.41, 5.74) is 0.992. The summed E-state index contributed by atoms with van der Waals surface area (Å²) in [6.45, 7) is 2.05. The second-order valence-electron chi connectivity index (χ2n) is 4.17. The van der Waals surface area contributed by atoms with Crippen LogP contribution in [-0.2, 0) is 20.0 Å². The van der Waals surface area contributed by atoms with Crippen LogP contribution in [0.5, 0.6) is 0 Å². The molecule has 1 aromatic rings. The standard InChI is InChI=1S/C11H18N2O4S2/c1-5-13(19(4,16)17)11-8-6-10(7-9-11)12(2)18(3,14)15/h6-9H,5H2,1-4H3. The van der Waals surface area contributed by atoms with E-state index in [4.69, 9.17) is 0 Å². The summed E-state index contributed by atoms with van der Waals surface area (Å²) in [7, 11) is -5.21. The van der Waals surface area contributed by atoms with Crippen molar-refractivity contribution in [2.24, 2.45) is 0 Å². The molecule has 0 N–H and O–H groups in total. The Morgan fingerprint density at radius 3 is 1.63 bits per heavy atom. The van der Waals surface area contributed by atoms with Gasteiger partial charge in [0.05, 0.1) is 23.9 Å². The first kappa shape index (κ1) is 15.8. The van der Waals surface area contributed by atoms with E-state index in [0.29, 0.717) is 17.9 Å². The molecule has 8 heteroatoms. The van der Waals surface area contributed by atoms with E-state index in [-0.39, 0.29) is 0 Å². The van der Waals surface area contributed by atoms with Crippen LogP contribution in [0.1, 0.15) is 6.92 Å². The third-order valence-corrected chi connectivity index (χ3v) is 5.16. The minimum absolute atomic E-state index is 0.320. The Labute approximate surface area is 114 Å². The van der Waals surface area contributed by atoms with Crippen molar-refractivity contribution in [3.8, 4) is 0 Å². The van der Waals surface area contributed by atoms with Gasteiger partial charge in [-0.3, -0.25) is 8.61 Å². The second-order valence-corrected chi connectivity index (χ2v) is 8.10. The molecule has 0 heterocycles. The van der Waals surface area contributed by atoms with Gasteiger partial charge in [-0.2, -0.15) is 0 Å². The first-order chi connectivity index (χ1) is 8.57. The molecular weight excluding hydrogens is 288 g/mol. The highest BCUT2D eigenvalue weighted by Crippen LogP contribution is 2.22. The minimum Gasteiger partial charge on any atom is -0.274 e. The average Bonchev–Trinajstić information content (AvgIpc) is 2.27. The number of rotatable bonds is 5. The lowest BCUT2D eigenvalue weighted by atomic mass is 10.3. The number of anilines is 2. The monoisotopic (exact) mass is 306 g/mol. The molecule has 0 radical (unpaired) electrons. The lowest BCUT2D eigenvalue weighted by Crippen LogP contribution is -2.29. The molecule has 1 aromatic carbocycles. The Bertz CT molecular complexity index is 636. The first-order valence-corrected chi connectivity index (χ1v) is 9.28. The largest absolute Gasteiger partial charge is 0.274 e. The van der Waals surface area contributed by atoms with Gasteiger partial charge < -0.3 is 0 Å². The minimum atomic E-state index is -3.33. The van der Waals surface area contributed by atoms with E-state index in [1.54, 1.807) is 31.2 Å². The summed E-state index contributed by atoms with van der Waals surface area (Å²) in [4.78, 5) is 0. The maximum absolute atomic E-state index is 11.6. The molecule has 0 aromatic heterocycles. The van der Waals surface area contributed by atoms with E-state index < -0.39 is 20.0 Å². The van der Waals surface area contributed by atoms with E-state index in [1.807, 2.05) is 0 Å². The third-order valence-electron chi connectivity index (χ3n) is 2.69. The van der Waals surface area contributed by atoms with Crippen molar-refractivity contribution >= 4 is 31.4 Å². The van der Waals surface area contributed by atoms with Crippen LogP contribution in [0.3, 0.4) is 0 Å². The highest BCUT2D eigenvalue weighted by Gasteiger charge is 2.16. The van der Waals surface area contributed by atoms with Crippen molar-refractivity contribution < 1.29 is 16.8 Å². The summed E-state index contributed by atoms with van der Waals surface area (Å²) < 4.78 is 48.3. The summed E-state index contributed by atoms with van der Waals surface area (Å²) in [5, 5.41) is 0. The van der Waals surface area contributed by atoms with Crippen molar-refractivity contribution in [3.63, 3.8) is 0 Å². The zero-order valence-electron chi connectivity index (χ0n) is 11.4. The lowest BCUT2D eigenvalue weighted by molar-refractivity contribution is 0.596. The fraction of sp³-hybridized carbons (Fsp3) is 0.455. The molecule has 0 aliphatic carbocycles. The third kappa shape index (κ3) is 3.84. The fourth-order valence-electron chi connectivity index (χ4n) is 1.63. The van der Waals surface area contributed by atoms with Crippen molar-refractivity contribution in [2.45, 2.75) is 6.92 Å². The van der Waals surface area contributed by atoms with Crippen LogP contribution in [0, 0.1) is 0 Å². The van der Waals surface area contributed by atoms with Crippen LogP contribution in [0.15, 0.2) is 24.3 Å². The van der Waals surface area contributed by atoms with Crippen LogP contribution >= 0.6 is 0 Å². The highest BCUT2D eigenvalue weighted by atomic mass is 32.2. The summed E-state index contributed by atoms with van der Waals surface area (Å²) in [6, 6.07) is 6.32. The van der Waals surface area contributed by atoms with Crippen molar-refractivity contribution in [3.05, 3.63) is 24.3 Å². The number of hydrogen-bond acceptors (Lipinski definition) is 4. The van der Waals surface area contributed by atoms with Gasteiger partial charge in [0.2, 0.25) is 20.0 Å². The van der Waals surface area contributed by atoms with E-state index in [0.717, 1.165) is 16.8 Å². The zero-order valence-corrected chi connectivity index (χ0v) is 13.0. The molecule has 0 spiro atoms. The molecule has 6 nitrogen and oxygen atoms in total. The Hall–Kier alpha value is -1.28. The summed E-state index contributed by atoms with van der Waals surface area (Å²) in [6.07, 6.45) is 2.24. The molecule has 0 aliphatic heterocycles. The fourth-order valence-corrected chi connectivity index (χ4v) is 3.11. The molecular formula is C11H18N2O4S2. The molecule has 0 fully saturated rings. The molecule has 0 aliphatic rings. The van der Waals surface area contributed by atoms with Gasteiger partial charge in [0.1, 0.15) is 0 Å². The molecule has 108 valence electrons. The van der Waals surface area contributed by atoms with Crippen LogP contribution in [0.4, 0.5) is 11.4 Å². The Balaban J connectivity index is 3.13. The van der Waals surface area contributed by atoms with Gasteiger partial charge in [-0.15, -0.1) is 0 Å². The topological polar surface area (TPSA) is 74.8 Å².